The number of rotatable bonds is 4. The van der Waals surface area contributed by atoms with Crippen molar-refractivity contribution in [1.29, 1.82) is 0 Å². The summed E-state index contributed by atoms with van der Waals surface area (Å²) in [5.41, 5.74) is 2.23. The summed E-state index contributed by atoms with van der Waals surface area (Å²) >= 11 is 11.7. The largest absolute Gasteiger partial charge is 0.355 e. The van der Waals surface area contributed by atoms with E-state index in [1.54, 1.807) is 0 Å². The Morgan fingerprint density at radius 3 is 2.37 bits per heavy atom. The zero-order chi connectivity index (χ0) is 21.1. The van der Waals surface area contributed by atoms with Crippen LogP contribution in [0.1, 0.15) is 12.8 Å². The van der Waals surface area contributed by atoms with Gasteiger partial charge in [0.05, 0.1) is 10.7 Å². The van der Waals surface area contributed by atoms with Crippen molar-refractivity contribution in [3.63, 3.8) is 0 Å². The second-order valence-corrected chi connectivity index (χ2v) is 8.01. The molecule has 4 rings (SSSR count). The average Bonchev–Trinajstić information content (AvgIpc) is 2.77. The Balaban J connectivity index is 1.34. The number of anilines is 2. The highest BCUT2D eigenvalue weighted by Gasteiger charge is 2.26. The lowest BCUT2D eigenvalue weighted by molar-refractivity contribution is -0.120. The number of benzene rings is 2. The van der Waals surface area contributed by atoms with Crippen LogP contribution in [0.4, 0.5) is 15.9 Å². The van der Waals surface area contributed by atoms with E-state index in [0.29, 0.717) is 36.6 Å². The molecular formula is C22H19Cl2FN4O. The topological polar surface area (TPSA) is 58.1 Å². The molecule has 2 aromatic carbocycles. The highest BCUT2D eigenvalue weighted by Crippen LogP contribution is 2.26. The quantitative estimate of drug-likeness (QED) is 0.581. The summed E-state index contributed by atoms with van der Waals surface area (Å²) < 4.78 is 13.3. The van der Waals surface area contributed by atoms with Gasteiger partial charge in [0.1, 0.15) is 5.82 Å². The smallest absolute Gasteiger partial charge is 0.227 e. The fourth-order valence-electron chi connectivity index (χ4n) is 3.46. The maximum atomic E-state index is 13.3. The molecule has 1 aliphatic heterocycles. The van der Waals surface area contributed by atoms with Crippen LogP contribution in [0.2, 0.25) is 10.0 Å². The highest BCUT2D eigenvalue weighted by atomic mass is 35.5. The summed E-state index contributed by atoms with van der Waals surface area (Å²) in [6, 6.07) is 15.5. The van der Waals surface area contributed by atoms with Crippen LogP contribution in [0.5, 0.6) is 0 Å². The second-order valence-electron chi connectivity index (χ2n) is 7.16. The van der Waals surface area contributed by atoms with Gasteiger partial charge in [-0.25, -0.2) is 4.39 Å². The number of halogens is 3. The van der Waals surface area contributed by atoms with E-state index in [4.69, 9.17) is 23.2 Å². The van der Waals surface area contributed by atoms with Crippen LogP contribution >= 0.6 is 23.2 Å². The fourth-order valence-corrected chi connectivity index (χ4v) is 3.76. The van der Waals surface area contributed by atoms with E-state index in [1.807, 2.05) is 36.4 Å². The Labute approximate surface area is 183 Å². The van der Waals surface area contributed by atoms with Gasteiger partial charge in [-0.2, -0.15) is 0 Å². The van der Waals surface area contributed by atoms with Crippen LogP contribution in [-0.4, -0.2) is 29.2 Å². The van der Waals surface area contributed by atoms with Crippen LogP contribution < -0.4 is 10.2 Å². The van der Waals surface area contributed by atoms with Crippen molar-refractivity contribution in [1.82, 2.24) is 10.2 Å². The van der Waals surface area contributed by atoms with Gasteiger partial charge in [0.2, 0.25) is 5.91 Å². The molecule has 1 fully saturated rings. The van der Waals surface area contributed by atoms with E-state index < -0.39 is 5.82 Å². The SMILES string of the molecule is O=C(Nc1ccc(F)c(Cl)c1)C1CCN(c2ccc(-c3ccc(Cl)cc3)nn2)CC1. The van der Waals surface area contributed by atoms with E-state index >= 15 is 0 Å². The lowest BCUT2D eigenvalue weighted by Crippen LogP contribution is -2.38. The molecule has 1 aliphatic rings. The third-order valence-electron chi connectivity index (χ3n) is 5.17. The number of nitrogens with zero attached hydrogens (tertiary/aromatic N) is 3. The maximum absolute atomic E-state index is 13.3. The van der Waals surface area contributed by atoms with Crippen molar-refractivity contribution >= 4 is 40.6 Å². The molecule has 8 heteroatoms. The zero-order valence-corrected chi connectivity index (χ0v) is 17.5. The standard InChI is InChI=1S/C22H19Cl2FN4O/c23-16-3-1-14(2-4-16)20-7-8-21(28-27-20)29-11-9-15(10-12-29)22(30)26-17-5-6-19(25)18(24)13-17/h1-8,13,15H,9-12H2,(H,26,30). The molecule has 0 radical (unpaired) electrons. The average molecular weight is 445 g/mol. The number of carbonyl (C=O) groups excluding carboxylic acids is 1. The zero-order valence-electron chi connectivity index (χ0n) is 16.0. The van der Waals surface area contributed by atoms with E-state index in [0.717, 1.165) is 17.1 Å². The third kappa shape index (κ3) is 4.71. The fraction of sp³-hybridized carbons (Fsp3) is 0.227. The van der Waals surface area contributed by atoms with E-state index in [-0.39, 0.29) is 16.8 Å². The highest BCUT2D eigenvalue weighted by molar-refractivity contribution is 6.31. The Morgan fingerprint density at radius 1 is 1.00 bits per heavy atom. The molecule has 5 nitrogen and oxygen atoms in total. The summed E-state index contributed by atoms with van der Waals surface area (Å²) in [5.74, 6) is 0.0796. The predicted molar refractivity (Wildman–Crippen MR) is 117 cm³/mol. The minimum absolute atomic E-state index is 0.0109. The number of nitrogens with one attached hydrogen (secondary N) is 1. The molecule has 0 saturated carbocycles. The molecule has 0 atom stereocenters. The molecule has 30 heavy (non-hydrogen) atoms. The summed E-state index contributed by atoms with van der Waals surface area (Å²) in [6.45, 7) is 1.41. The van der Waals surface area contributed by atoms with Crippen molar-refractivity contribution in [2.75, 3.05) is 23.3 Å². The minimum atomic E-state index is -0.508. The Morgan fingerprint density at radius 2 is 1.73 bits per heavy atom. The van der Waals surface area contributed by atoms with Crippen molar-refractivity contribution in [2.24, 2.45) is 5.92 Å². The summed E-state index contributed by atoms with van der Waals surface area (Å²) in [4.78, 5) is 14.7. The number of aromatic nitrogens is 2. The van der Waals surface area contributed by atoms with Crippen molar-refractivity contribution in [2.45, 2.75) is 12.8 Å². The lowest BCUT2D eigenvalue weighted by atomic mass is 9.96. The first-order chi connectivity index (χ1) is 14.5. The number of carbonyl (C=O) groups is 1. The van der Waals surface area contributed by atoms with Gasteiger partial charge in [0.15, 0.2) is 5.82 Å². The van der Waals surface area contributed by atoms with Crippen LogP contribution in [0, 0.1) is 11.7 Å². The van der Waals surface area contributed by atoms with Gasteiger partial charge in [-0.05, 0) is 55.3 Å². The molecule has 0 spiro atoms. The Hall–Kier alpha value is -2.70. The van der Waals surface area contributed by atoms with Crippen molar-refractivity contribution < 1.29 is 9.18 Å². The molecule has 2 heterocycles. The van der Waals surface area contributed by atoms with E-state index in [9.17, 15) is 9.18 Å². The third-order valence-corrected chi connectivity index (χ3v) is 5.71. The molecule has 0 aliphatic carbocycles. The Kier molecular flexibility index (Phi) is 6.16. The molecule has 1 saturated heterocycles. The molecular weight excluding hydrogens is 426 g/mol. The number of hydrogen-bond acceptors (Lipinski definition) is 4. The molecule has 154 valence electrons. The van der Waals surface area contributed by atoms with Gasteiger partial charge >= 0.3 is 0 Å². The Bertz CT molecular complexity index is 1040. The summed E-state index contributed by atoms with van der Waals surface area (Å²) in [7, 11) is 0. The maximum Gasteiger partial charge on any atom is 0.227 e. The minimum Gasteiger partial charge on any atom is -0.355 e. The van der Waals surface area contributed by atoms with E-state index in [1.165, 1.54) is 18.2 Å². The second kappa shape index (κ2) is 8.98. The first-order valence-electron chi connectivity index (χ1n) is 9.60. The molecule has 0 unspecified atom stereocenters. The predicted octanol–water partition coefficient (Wildman–Crippen LogP) is 5.44. The van der Waals surface area contributed by atoms with Crippen LogP contribution in [0.15, 0.2) is 54.6 Å². The van der Waals surface area contributed by atoms with Gasteiger partial charge in [0.25, 0.3) is 0 Å². The monoisotopic (exact) mass is 444 g/mol. The van der Waals surface area contributed by atoms with Crippen LogP contribution in [-0.2, 0) is 4.79 Å². The number of amides is 1. The summed E-state index contributed by atoms with van der Waals surface area (Å²) in [5, 5.41) is 12.2. The van der Waals surface area contributed by atoms with Crippen LogP contribution in [0.3, 0.4) is 0 Å². The molecule has 0 bridgehead atoms. The molecule has 3 aromatic rings. The first kappa shape index (κ1) is 20.6. The van der Waals surface area contributed by atoms with Gasteiger partial charge in [-0.1, -0.05) is 35.3 Å². The lowest BCUT2D eigenvalue weighted by Gasteiger charge is -2.31. The summed E-state index contributed by atoms with van der Waals surface area (Å²) in [6.07, 6.45) is 1.39. The van der Waals surface area contributed by atoms with Crippen LogP contribution in [0.25, 0.3) is 11.3 Å². The first-order valence-corrected chi connectivity index (χ1v) is 10.4. The van der Waals surface area contributed by atoms with Gasteiger partial charge < -0.3 is 10.2 Å². The van der Waals surface area contributed by atoms with Gasteiger partial charge in [0, 0.05) is 35.3 Å². The number of hydrogen-bond donors (Lipinski definition) is 1. The molecule has 1 amide bonds. The van der Waals surface area contributed by atoms with Gasteiger partial charge in [-0.3, -0.25) is 4.79 Å². The normalized spacial score (nSPS) is 14.6. The number of piperidine rings is 1. The van der Waals surface area contributed by atoms with Crippen molar-refractivity contribution in [3.05, 3.63) is 70.5 Å². The van der Waals surface area contributed by atoms with Gasteiger partial charge in [-0.15, -0.1) is 10.2 Å². The molecule has 1 N–H and O–H groups in total. The van der Waals surface area contributed by atoms with E-state index in [2.05, 4.69) is 20.4 Å². The molecule has 1 aromatic heterocycles. The van der Waals surface area contributed by atoms with Crippen molar-refractivity contribution in [3.8, 4) is 11.3 Å².